The van der Waals surface area contributed by atoms with E-state index in [9.17, 15) is 9.90 Å². The molecule has 0 spiro atoms. The van der Waals surface area contributed by atoms with Crippen LogP contribution < -0.4 is 5.11 Å². The van der Waals surface area contributed by atoms with Gasteiger partial charge in [0.1, 0.15) is 0 Å². The fraction of sp³-hybridized carbons (Fsp3) is 0.300. The summed E-state index contributed by atoms with van der Waals surface area (Å²) in [6, 6.07) is 9.00. The van der Waals surface area contributed by atoms with Crippen molar-refractivity contribution in [3.05, 3.63) is 35.9 Å². The Morgan fingerprint density at radius 3 is 2.46 bits per heavy atom. The minimum Gasteiger partial charge on any atom is -0.549 e. The van der Waals surface area contributed by atoms with E-state index in [4.69, 9.17) is 11.6 Å². The zero-order valence-corrected chi connectivity index (χ0v) is 7.83. The van der Waals surface area contributed by atoms with Crippen LogP contribution in [0.2, 0.25) is 0 Å². The van der Waals surface area contributed by atoms with Crippen molar-refractivity contribution in [3.8, 4) is 0 Å². The number of carboxylic acid groups (broad SMARTS) is 1. The molecular formula is C10H10ClO2-. The average molecular weight is 198 g/mol. The fourth-order valence-corrected chi connectivity index (χ4v) is 1.43. The van der Waals surface area contributed by atoms with Crippen LogP contribution in [0.4, 0.5) is 0 Å². The number of alkyl halides is 1. The topological polar surface area (TPSA) is 40.1 Å². The second-order valence-corrected chi connectivity index (χ2v) is 3.14. The van der Waals surface area contributed by atoms with Gasteiger partial charge in [-0.2, -0.15) is 0 Å². The van der Waals surface area contributed by atoms with Crippen LogP contribution in [0, 0.1) is 0 Å². The molecule has 2 nitrogen and oxygen atoms in total. The lowest BCUT2D eigenvalue weighted by Crippen LogP contribution is -2.30. The van der Waals surface area contributed by atoms with Crippen molar-refractivity contribution < 1.29 is 9.90 Å². The molecule has 0 radical (unpaired) electrons. The third-order valence-corrected chi connectivity index (χ3v) is 2.10. The van der Waals surface area contributed by atoms with Crippen LogP contribution in [0.25, 0.3) is 0 Å². The number of halogens is 1. The van der Waals surface area contributed by atoms with Crippen molar-refractivity contribution in [2.75, 3.05) is 5.88 Å². The van der Waals surface area contributed by atoms with Crippen LogP contribution >= 0.6 is 11.6 Å². The zero-order valence-electron chi connectivity index (χ0n) is 7.07. The molecule has 0 amide bonds. The smallest absolute Gasteiger partial charge is 0.0489 e. The molecule has 70 valence electrons. The van der Waals surface area contributed by atoms with Crippen molar-refractivity contribution in [2.45, 2.75) is 12.3 Å². The molecule has 0 heterocycles. The van der Waals surface area contributed by atoms with Gasteiger partial charge in [-0.15, -0.1) is 11.6 Å². The largest absolute Gasteiger partial charge is 0.549 e. The number of aliphatic carboxylic acids is 1. The third-order valence-electron chi connectivity index (χ3n) is 1.88. The Labute approximate surface area is 82.2 Å². The highest BCUT2D eigenvalue weighted by Gasteiger charge is 2.10. The predicted octanol–water partition coefficient (Wildman–Crippen LogP) is 1.15. The third kappa shape index (κ3) is 2.74. The summed E-state index contributed by atoms with van der Waals surface area (Å²) >= 11 is 5.50. The lowest BCUT2D eigenvalue weighted by atomic mass is 9.97. The molecule has 1 rings (SSSR count). The maximum atomic E-state index is 10.7. The molecule has 1 aromatic carbocycles. The Bertz CT molecular complexity index is 272. The van der Waals surface area contributed by atoms with E-state index >= 15 is 0 Å². The molecule has 0 fully saturated rings. The highest BCUT2D eigenvalue weighted by atomic mass is 35.5. The first-order valence-corrected chi connectivity index (χ1v) is 4.61. The molecule has 1 atom stereocenters. The Hall–Kier alpha value is -1.02. The summed E-state index contributed by atoms with van der Waals surface area (Å²) in [5, 5.41) is 10.7. The van der Waals surface area contributed by atoms with Gasteiger partial charge in [0.05, 0.1) is 0 Å². The summed E-state index contributed by atoms with van der Waals surface area (Å²) in [4.78, 5) is 10.7. The number of carbonyl (C=O) groups is 1. The van der Waals surface area contributed by atoms with E-state index in [1.807, 2.05) is 6.07 Å². The highest BCUT2D eigenvalue weighted by molar-refractivity contribution is 6.18. The summed E-state index contributed by atoms with van der Waals surface area (Å²) in [6.45, 7) is 0. The molecule has 0 aliphatic rings. The molecule has 0 N–H and O–H groups in total. The van der Waals surface area contributed by atoms with E-state index < -0.39 is 11.9 Å². The predicted molar refractivity (Wildman–Crippen MR) is 49.5 cm³/mol. The standard InChI is InChI=1S/C10H11ClO2/c11-7-6-9(10(12)13)8-4-2-1-3-5-8/h1-5,9H,6-7H2,(H,12,13)/p-1. The van der Waals surface area contributed by atoms with E-state index in [1.165, 1.54) is 0 Å². The van der Waals surface area contributed by atoms with Gasteiger partial charge >= 0.3 is 0 Å². The maximum Gasteiger partial charge on any atom is 0.0489 e. The van der Waals surface area contributed by atoms with Crippen molar-refractivity contribution >= 4 is 17.6 Å². The summed E-state index contributed by atoms with van der Waals surface area (Å²) in [5.41, 5.74) is 0.753. The van der Waals surface area contributed by atoms with Crippen LogP contribution in [0.1, 0.15) is 17.9 Å². The number of benzene rings is 1. The Morgan fingerprint density at radius 1 is 1.38 bits per heavy atom. The zero-order chi connectivity index (χ0) is 9.68. The summed E-state index contributed by atoms with van der Waals surface area (Å²) in [5.74, 6) is -1.32. The molecule has 0 saturated heterocycles. The van der Waals surface area contributed by atoms with E-state index in [0.29, 0.717) is 12.3 Å². The first-order chi connectivity index (χ1) is 6.25. The van der Waals surface area contributed by atoms with E-state index in [2.05, 4.69) is 0 Å². The molecule has 0 aliphatic heterocycles. The number of carbonyl (C=O) groups excluding carboxylic acids is 1. The summed E-state index contributed by atoms with van der Waals surface area (Å²) < 4.78 is 0. The van der Waals surface area contributed by atoms with Gasteiger partial charge < -0.3 is 9.90 Å². The summed E-state index contributed by atoms with van der Waals surface area (Å²) in [7, 11) is 0. The first-order valence-electron chi connectivity index (χ1n) is 4.07. The second-order valence-electron chi connectivity index (χ2n) is 2.76. The molecule has 0 bridgehead atoms. The Morgan fingerprint density at radius 2 is 2.00 bits per heavy atom. The SMILES string of the molecule is O=C([O-])C(CCCl)c1ccccc1. The van der Waals surface area contributed by atoms with Gasteiger partial charge in [0, 0.05) is 17.8 Å². The number of carboxylic acids is 1. The molecule has 13 heavy (non-hydrogen) atoms. The van der Waals surface area contributed by atoms with Crippen LogP contribution in [-0.2, 0) is 4.79 Å². The summed E-state index contributed by atoms with van der Waals surface area (Å²) in [6.07, 6.45) is 0.411. The van der Waals surface area contributed by atoms with Gasteiger partial charge in [-0.25, -0.2) is 0 Å². The van der Waals surface area contributed by atoms with Crippen LogP contribution in [0.5, 0.6) is 0 Å². The average Bonchev–Trinajstić information content (AvgIpc) is 2.15. The van der Waals surface area contributed by atoms with Gasteiger partial charge in [-0.05, 0) is 12.0 Å². The lowest BCUT2D eigenvalue weighted by Gasteiger charge is -2.16. The molecule has 1 unspecified atom stereocenters. The highest BCUT2D eigenvalue weighted by Crippen LogP contribution is 2.18. The molecule has 3 heteroatoms. The lowest BCUT2D eigenvalue weighted by molar-refractivity contribution is -0.308. The van der Waals surface area contributed by atoms with E-state index in [0.717, 1.165) is 5.56 Å². The Kier molecular flexibility index (Phi) is 3.77. The van der Waals surface area contributed by atoms with Crippen molar-refractivity contribution in [3.63, 3.8) is 0 Å². The monoisotopic (exact) mass is 197 g/mol. The van der Waals surface area contributed by atoms with Crippen LogP contribution in [0.3, 0.4) is 0 Å². The molecule has 0 saturated carbocycles. The van der Waals surface area contributed by atoms with Gasteiger partial charge in [-0.3, -0.25) is 0 Å². The number of rotatable bonds is 4. The quantitative estimate of drug-likeness (QED) is 0.680. The molecular weight excluding hydrogens is 188 g/mol. The van der Waals surface area contributed by atoms with Gasteiger partial charge in [0.25, 0.3) is 0 Å². The number of hydrogen-bond acceptors (Lipinski definition) is 2. The first kappa shape index (κ1) is 10.1. The van der Waals surface area contributed by atoms with E-state index in [-0.39, 0.29) is 0 Å². The van der Waals surface area contributed by atoms with Crippen molar-refractivity contribution in [1.29, 1.82) is 0 Å². The molecule has 1 aromatic rings. The second kappa shape index (κ2) is 4.87. The maximum absolute atomic E-state index is 10.7. The van der Waals surface area contributed by atoms with Crippen molar-refractivity contribution in [1.82, 2.24) is 0 Å². The van der Waals surface area contributed by atoms with Gasteiger partial charge in [0.15, 0.2) is 0 Å². The molecule has 0 aliphatic carbocycles. The van der Waals surface area contributed by atoms with Crippen LogP contribution in [0.15, 0.2) is 30.3 Å². The van der Waals surface area contributed by atoms with E-state index in [1.54, 1.807) is 24.3 Å². The van der Waals surface area contributed by atoms with Gasteiger partial charge in [0.2, 0.25) is 0 Å². The van der Waals surface area contributed by atoms with Crippen LogP contribution in [-0.4, -0.2) is 11.8 Å². The number of hydrogen-bond donors (Lipinski definition) is 0. The molecule has 0 aromatic heterocycles. The fourth-order valence-electron chi connectivity index (χ4n) is 1.22. The Balaban J connectivity index is 2.82. The van der Waals surface area contributed by atoms with Gasteiger partial charge in [-0.1, -0.05) is 30.3 Å². The minimum absolute atomic E-state index is 0.327. The minimum atomic E-state index is -1.06. The van der Waals surface area contributed by atoms with Crippen molar-refractivity contribution in [2.24, 2.45) is 0 Å². The normalized spacial score (nSPS) is 12.4.